The highest BCUT2D eigenvalue weighted by Gasteiger charge is 2.15. The van der Waals surface area contributed by atoms with Crippen LogP contribution in [0.2, 0.25) is 0 Å². The van der Waals surface area contributed by atoms with Crippen LogP contribution in [0.15, 0.2) is 18.2 Å². The molecule has 0 spiro atoms. The maximum Gasteiger partial charge on any atom is 0.255 e. The van der Waals surface area contributed by atoms with Crippen LogP contribution in [-0.2, 0) is 4.79 Å². The Hall–Kier alpha value is -2.24. The van der Waals surface area contributed by atoms with E-state index in [0.717, 1.165) is 0 Å². The largest absolute Gasteiger partial charge is 0.494 e. The van der Waals surface area contributed by atoms with Crippen LogP contribution in [0.3, 0.4) is 0 Å². The highest BCUT2D eigenvalue weighted by Crippen LogP contribution is 2.25. The van der Waals surface area contributed by atoms with Crippen molar-refractivity contribution in [2.24, 2.45) is 0 Å². The Labute approximate surface area is 112 Å². The number of nitrogen functional groups attached to an aromatic ring is 1. The van der Waals surface area contributed by atoms with Crippen molar-refractivity contribution in [2.75, 3.05) is 33.0 Å². The van der Waals surface area contributed by atoms with Gasteiger partial charge in [0.1, 0.15) is 0 Å². The molecular weight excluding hydrogens is 246 g/mol. The summed E-state index contributed by atoms with van der Waals surface area (Å²) in [6, 6.07) is 4.90. The van der Waals surface area contributed by atoms with E-state index in [-0.39, 0.29) is 18.4 Å². The molecule has 0 saturated heterocycles. The number of anilines is 1. The first-order chi connectivity index (χ1) is 9.01. The summed E-state index contributed by atoms with van der Waals surface area (Å²) in [5.74, 6) is -0.225. The quantitative estimate of drug-likeness (QED) is 0.759. The number of hydrogen-bond donors (Lipinski definition) is 2. The molecule has 6 nitrogen and oxygen atoms in total. The van der Waals surface area contributed by atoms with Gasteiger partial charge in [-0.1, -0.05) is 6.07 Å². The number of rotatable bonds is 5. The van der Waals surface area contributed by atoms with Gasteiger partial charge in [0, 0.05) is 13.6 Å². The first-order valence-corrected chi connectivity index (χ1v) is 5.95. The molecule has 2 amide bonds. The minimum atomic E-state index is -0.387. The number of benzene rings is 1. The van der Waals surface area contributed by atoms with E-state index in [9.17, 15) is 9.59 Å². The molecular formula is C13H19N3O3. The number of hydrogen-bond acceptors (Lipinski definition) is 4. The second-order valence-electron chi connectivity index (χ2n) is 4.02. The average molecular weight is 265 g/mol. The van der Waals surface area contributed by atoms with E-state index in [4.69, 9.17) is 10.5 Å². The first-order valence-electron chi connectivity index (χ1n) is 5.95. The second kappa shape index (κ2) is 6.63. The molecule has 0 atom stereocenters. The molecule has 1 aromatic rings. The third-order valence-corrected chi connectivity index (χ3v) is 2.79. The number of ether oxygens (including phenoxy) is 1. The van der Waals surface area contributed by atoms with Crippen molar-refractivity contribution in [3.63, 3.8) is 0 Å². The maximum absolute atomic E-state index is 12.0. The standard InChI is InChI=1S/C13H19N3O3/c1-4-16(2)11(17)8-15-13(18)9-6-5-7-10(14)12(9)19-3/h5-7H,4,8,14H2,1-3H3,(H,15,18). The zero-order chi connectivity index (χ0) is 14.4. The van der Waals surface area contributed by atoms with Gasteiger partial charge in [0.05, 0.1) is 24.9 Å². The van der Waals surface area contributed by atoms with Gasteiger partial charge in [-0.2, -0.15) is 0 Å². The van der Waals surface area contributed by atoms with Gasteiger partial charge in [-0.05, 0) is 19.1 Å². The van der Waals surface area contributed by atoms with Crippen molar-refractivity contribution in [3.05, 3.63) is 23.8 Å². The first kappa shape index (κ1) is 14.8. The monoisotopic (exact) mass is 265 g/mol. The third kappa shape index (κ3) is 3.61. The fraction of sp³-hybridized carbons (Fsp3) is 0.385. The molecule has 6 heteroatoms. The molecule has 0 aliphatic carbocycles. The van der Waals surface area contributed by atoms with Gasteiger partial charge in [0.2, 0.25) is 5.91 Å². The molecule has 104 valence electrons. The molecule has 0 saturated carbocycles. The van der Waals surface area contributed by atoms with Crippen LogP contribution in [0.1, 0.15) is 17.3 Å². The van der Waals surface area contributed by atoms with Crippen LogP contribution >= 0.6 is 0 Å². The van der Waals surface area contributed by atoms with Crippen molar-refractivity contribution < 1.29 is 14.3 Å². The van der Waals surface area contributed by atoms with Crippen molar-refractivity contribution in [3.8, 4) is 5.75 Å². The lowest BCUT2D eigenvalue weighted by atomic mass is 10.1. The zero-order valence-electron chi connectivity index (χ0n) is 11.4. The summed E-state index contributed by atoms with van der Waals surface area (Å²) in [5.41, 5.74) is 6.41. The third-order valence-electron chi connectivity index (χ3n) is 2.79. The summed E-state index contributed by atoms with van der Waals surface area (Å²) >= 11 is 0. The fourth-order valence-corrected chi connectivity index (χ4v) is 1.52. The Kier molecular flexibility index (Phi) is 5.17. The molecule has 0 heterocycles. The molecule has 3 N–H and O–H groups in total. The van der Waals surface area contributed by atoms with Crippen LogP contribution < -0.4 is 15.8 Å². The van der Waals surface area contributed by atoms with Crippen LogP contribution in [-0.4, -0.2) is 44.0 Å². The number of carbonyl (C=O) groups is 2. The average Bonchev–Trinajstić information content (AvgIpc) is 2.42. The molecule has 0 bridgehead atoms. The minimum Gasteiger partial charge on any atom is -0.494 e. The normalized spacial score (nSPS) is 9.84. The number of para-hydroxylation sites is 1. The molecule has 19 heavy (non-hydrogen) atoms. The Morgan fingerprint density at radius 3 is 2.68 bits per heavy atom. The van der Waals surface area contributed by atoms with Crippen LogP contribution in [0.25, 0.3) is 0 Å². The summed E-state index contributed by atoms with van der Waals surface area (Å²) in [6.45, 7) is 2.40. The van der Waals surface area contributed by atoms with Crippen LogP contribution in [0, 0.1) is 0 Å². The second-order valence-corrected chi connectivity index (χ2v) is 4.02. The predicted octanol–water partition coefficient (Wildman–Crippen LogP) is 0.485. The van der Waals surface area contributed by atoms with Gasteiger partial charge < -0.3 is 20.7 Å². The van der Waals surface area contributed by atoms with Crippen molar-refractivity contribution in [2.45, 2.75) is 6.92 Å². The van der Waals surface area contributed by atoms with Crippen molar-refractivity contribution >= 4 is 17.5 Å². The van der Waals surface area contributed by atoms with Gasteiger partial charge in [0.15, 0.2) is 5.75 Å². The van der Waals surface area contributed by atoms with Gasteiger partial charge >= 0.3 is 0 Å². The maximum atomic E-state index is 12.0. The Balaban J connectivity index is 2.74. The van der Waals surface area contributed by atoms with Gasteiger partial charge in [-0.15, -0.1) is 0 Å². The number of nitrogens with zero attached hydrogens (tertiary/aromatic N) is 1. The Bertz CT molecular complexity index is 474. The van der Waals surface area contributed by atoms with Crippen LogP contribution in [0.4, 0.5) is 5.69 Å². The van der Waals surface area contributed by atoms with E-state index in [2.05, 4.69) is 5.32 Å². The van der Waals surface area contributed by atoms with Gasteiger partial charge in [-0.3, -0.25) is 9.59 Å². The minimum absolute atomic E-state index is 0.0544. The summed E-state index contributed by atoms with van der Waals surface area (Å²) in [6.07, 6.45) is 0. The summed E-state index contributed by atoms with van der Waals surface area (Å²) in [4.78, 5) is 25.1. The van der Waals surface area contributed by atoms with E-state index >= 15 is 0 Å². The molecule has 0 unspecified atom stereocenters. The number of amides is 2. The smallest absolute Gasteiger partial charge is 0.255 e. The molecule has 0 radical (unpaired) electrons. The SMILES string of the molecule is CCN(C)C(=O)CNC(=O)c1cccc(N)c1OC. The summed E-state index contributed by atoms with van der Waals surface area (Å²) in [5, 5.41) is 2.55. The van der Waals surface area contributed by atoms with Crippen molar-refractivity contribution in [1.29, 1.82) is 0 Å². The zero-order valence-corrected chi connectivity index (χ0v) is 11.4. The molecule has 1 aromatic carbocycles. The van der Waals surface area contributed by atoms with E-state index in [1.54, 1.807) is 25.2 Å². The highest BCUT2D eigenvalue weighted by molar-refractivity contribution is 6.00. The van der Waals surface area contributed by atoms with Crippen molar-refractivity contribution in [1.82, 2.24) is 10.2 Å². The number of methoxy groups -OCH3 is 1. The van der Waals surface area contributed by atoms with E-state index in [1.165, 1.54) is 12.0 Å². The van der Waals surface area contributed by atoms with Gasteiger partial charge in [-0.25, -0.2) is 0 Å². The van der Waals surface area contributed by atoms with E-state index in [1.807, 2.05) is 6.92 Å². The number of carbonyl (C=O) groups excluding carboxylic acids is 2. The number of nitrogens with one attached hydrogen (secondary N) is 1. The Morgan fingerprint density at radius 2 is 2.11 bits per heavy atom. The molecule has 0 aliphatic heterocycles. The lowest BCUT2D eigenvalue weighted by molar-refractivity contribution is -0.128. The lowest BCUT2D eigenvalue weighted by Crippen LogP contribution is -2.38. The molecule has 1 rings (SSSR count). The lowest BCUT2D eigenvalue weighted by Gasteiger charge is -2.15. The number of nitrogens with two attached hydrogens (primary N) is 1. The van der Waals surface area contributed by atoms with Crippen LogP contribution in [0.5, 0.6) is 5.75 Å². The predicted molar refractivity (Wildman–Crippen MR) is 73.1 cm³/mol. The Morgan fingerprint density at radius 1 is 1.42 bits per heavy atom. The van der Waals surface area contributed by atoms with E-state index < -0.39 is 0 Å². The molecule has 0 aromatic heterocycles. The topological polar surface area (TPSA) is 84.7 Å². The highest BCUT2D eigenvalue weighted by atomic mass is 16.5. The number of likely N-dealkylation sites (N-methyl/N-ethyl adjacent to an activating group) is 1. The molecule has 0 aliphatic rings. The summed E-state index contributed by atoms with van der Waals surface area (Å²) in [7, 11) is 3.12. The van der Waals surface area contributed by atoms with Gasteiger partial charge in [0.25, 0.3) is 5.91 Å². The molecule has 0 fully saturated rings. The summed E-state index contributed by atoms with van der Waals surface area (Å²) < 4.78 is 5.09. The fourth-order valence-electron chi connectivity index (χ4n) is 1.52. The van der Waals surface area contributed by atoms with E-state index in [0.29, 0.717) is 23.5 Å².